The minimum atomic E-state index is -0.168. The molecule has 0 aliphatic carbocycles. The molecule has 0 radical (unpaired) electrons. The van der Waals surface area contributed by atoms with Gasteiger partial charge in [-0.05, 0) is 55.6 Å². The molecule has 0 amide bonds. The predicted molar refractivity (Wildman–Crippen MR) is 88.7 cm³/mol. The maximum atomic E-state index is 5.70. The highest BCUT2D eigenvalue weighted by Gasteiger charge is 2.29. The van der Waals surface area contributed by atoms with Gasteiger partial charge in [-0.2, -0.15) is 0 Å². The summed E-state index contributed by atoms with van der Waals surface area (Å²) in [7, 11) is 1.80. The molecule has 0 fully saturated rings. The van der Waals surface area contributed by atoms with Crippen molar-refractivity contribution in [3.63, 3.8) is 0 Å². The molecule has 3 heteroatoms. The normalized spacial score (nSPS) is 13.8. The van der Waals surface area contributed by atoms with E-state index in [-0.39, 0.29) is 5.60 Å². The first kappa shape index (κ1) is 15.5. The van der Waals surface area contributed by atoms with E-state index in [2.05, 4.69) is 55.7 Å². The fourth-order valence-corrected chi connectivity index (χ4v) is 3.41. The van der Waals surface area contributed by atoms with Gasteiger partial charge in [0.25, 0.3) is 0 Å². The minimum Gasteiger partial charge on any atom is -0.377 e. The lowest BCUT2D eigenvalue weighted by Crippen LogP contribution is -2.49. The lowest BCUT2D eigenvalue weighted by atomic mass is 9.92. The highest BCUT2D eigenvalue weighted by Crippen LogP contribution is 2.28. The van der Waals surface area contributed by atoms with Crippen LogP contribution in [0, 0.1) is 0 Å². The molecule has 1 N–H and O–H groups in total. The topological polar surface area (TPSA) is 21.3 Å². The molecule has 0 saturated heterocycles. The van der Waals surface area contributed by atoms with Crippen LogP contribution >= 0.6 is 11.3 Å². The Morgan fingerprint density at radius 1 is 1.30 bits per heavy atom. The van der Waals surface area contributed by atoms with Gasteiger partial charge in [0.15, 0.2) is 0 Å². The summed E-state index contributed by atoms with van der Waals surface area (Å²) in [5.41, 5.74) is 1.25. The standard InChI is InChI=1S/C17H25NOS/c1-5-10-18-16(17(2,3)19-4)11-13-12-20-15-9-7-6-8-14(13)15/h6-9,12,16,18H,5,10-11H2,1-4H3. The van der Waals surface area contributed by atoms with Gasteiger partial charge in [-0.1, -0.05) is 25.1 Å². The number of methoxy groups -OCH3 is 1. The number of benzene rings is 1. The molecule has 2 aromatic rings. The van der Waals surface area contributed by atoms with Crippen LogP contribution in [0.2, 0.25) is 0 Å². The van der Waals surface area contributed by atoms with E-state index in [0.29, 0.717) is 6.04 Å². The zero-order valence-corrected chi connectivity index (χ0v) is 13.7. The molecule has 1 unspecified atom stereocenters. The molecule has 0 saturated carbocycles. The lowest BCUT2D eigenvalue weighted by Gasteiger charge is -2.34. The van der Waals surface area contributed by atoms with Crippen LogP contribution in [-0.2, 0) is 11.2 Å². The van der Waals surface area contributed by atoms with E-state index in [0.717, 1.165) is 19.4 Å². The van der Waals surface area contributed by atoms with Crippen molar-refractivity contribution in [2.75, 3.05) is 13.7 Å². The van der Waals surface area contributed by atoms with Crippen LogP contribution in [0.4, 0.5) is 0 Å². The van der Waals surface area contributed by atoms with Crippen LogP contribution in [-0.4, -0.2) is 25.3 Å². The van der Waals surface area contributed by atoms with Crippen molar-refractivity contribution in [1.29, 1.82) is 0 Å². The van der Waals surface area contributed by atoms with Crippen molar-refractivity contribution in [3.8, 4) is 0 Å². The summed E-state index contributed by atoms with van der Waals surface area (Å²) in [6, 6.07) is 8.96. The first-order valence-corrected chi connectivity index (χ1v) is 8.20. The van der Waals surface area contributed by atoms with Crippen molar-refractivity contribution in [2.24, 2.45) is 0 Å². The van der Waals surface area contributed by atoms with Crippen LogP contribution in [0.3, 0.4) is 0 Å². The monoisotopic (exact) mass is 291 g/mol. The number of rotatable bonds is 7. The third-order valence-corrected chi connectivity index (χ3v) is 5.00. The van der Waals surface area contributed by atoms with Crippen LogP contribution < -0.4 is 5.32 Å². The lowest BCUT2D eigenvalue weighted by molar-refractivity contribution is -0.00987. The van der Waals surface area contributed by atoms with Crippen LogP contribution in [0.15, 0.2) is 29.6 Å². The summed E-state index contributed by atoms with van der Waals surface area (Å²) >= 11 is 1.83. The maximum Gasteiger partial charge on any atom is 0.0778 e. The largest absolute Gasteiger partial charge is 0.377 e. The van der Waals surface area contributed by atoms with Crippen LogP contribution in [0.5, 0.6) is 0 Å². The number of hydrogen-bond acceptors (Lipinski definition) is 3. The molecule has 0 spiro atoms. The molecule has 0 aliphatic heterocycles. The molecular formula is C17H25NOS. The van der Waals surface area contributed by atoms with Gasteiger partial charge in [0.2, 0.25) is 0 Å². The van der Waals surface area contributed by atoms with Gasteiger partial charge in [-0.25, -0.2) is 0 Å². The van der Waals surface area contributed by atoms with E-state index < -0.39 is 0 Å². The van der Waals surface area contributed by atoms with Crippen molar-refractivity contribution in [1.82, 2.24) is 5.32 Å². The number of ether oxygens (including phenoxy) is 1. The minimum absolute atomic E-state index is 0.168. The molecule has 110 valence electrons. The summed E-state index contributed by atoms with van der Waals surface area (Å²) in [5.74, 6) is 0. The Morgan fingerprint density at radius 2 is 2.05 bits per heavy atom. The quantitative estimate of drug-likeness (QED) is 0.824. The second-order valence-electron chi connectivity index (χ2n) is 5.78. The Labute approximate surface area is 126 Å². The average molecular weight is 291 g/mol. The summed E-state index contributed by atoms with van der Waals surface area (Å²) in [4.78, 5) is 0. The second-order valence-corrected chi connectivity index (χ2v) is 6.69. The summed E-state index contributed by atoms with van der Waals surface area (Å²) in [5, 5.41) is 7.31. The number of thiophene rings is 1. The molecular weight excluding hydrogens is 266 g/mol. The molecule has 2 rings (SSSR count). The molecule has 2 nitrogen and oxygen atoms in total. The van der Waals surface area contributed by atoms with Crippen LogP contribution in [0.1, 0.15) is 32.8 Å². The van der Waals surface area contributed by atoms with E-state index in [4.69, 9.17) is 4.74 Å². The number of fused-ring (bicyclic) bond motifs is 1. The predicted octanol–water partition coefficient (Wildman–Crippen LogP) is 4.24. The maximum absolute atomic E-state index is 5.70. The Hall–Kier alpha value is -0.900. The van der Waals surface area contributed by atoms with Crippen molar-refractivity contribution < 1.29 is 4.74 Å². The molecule has 20 heavy (non-hydrogen) atoms. The Morgan fingerprint density at radius 3 is 2.75 bits per heavy atom. The third kappa shape index (κ3) is 3.40. The highest BCUT2D eigenvalue weighted by atomic mass is 32.1. The average Bonchev–Trinajstić information content (AvgIpc) is 2.86. The molecule has 1 atom stereocenters. The van der Waals surface area contributed by atoms with E-state index in [1.807, 2.05) is 11.3 Å². The smallest absolute Gasteiger partial charge is 0.0778 e. The molecule has 1 heterocycles. The van der Waals surface area contributed by atoms with E-state index in [1.165, 1.54) is 15.6 Å². The number of hydrogen-bond donors (Lipinski definition) is 1. The molecule has 1 aromatic carbocycles. The van der Waals surface area contributed by atoms with E-state index in [9.17, 15) is 0 Å². The molecule has 0 aliphatic rings. The third-order valence-electron chi connectivity index (χ3n) is 3.99. The zero-order valence-electron chi connectivity index (χ0n) is 12.9. The Kier molecular flexibility index (Phi) is 5.19. The van der Waals surface area contributed by atoms with Gasteiger partial charge >= 0.3 is 0 Å². The van der Waals surface area contributed by atoms with Gasteiger partial charge in [-0.15, -0.1) is 11.3 Å². The summed E-state index contributed by atoms with van der Waals surface area (Å²) in [6.45, 7) is 7.55. The van der Waals surface area contributed by atoms with Gasteiger partial charge < -0.3 is 10.1 Å². The second kappa shape index (κ2) is 6.70. The highest BCUT2D eigenvalue weighted by molar-refractivity contribution is 7.17. The van der Waals surface area contributed by atoms with Gasteiger partial charge in [0, 0.05) is 17.9 Å². The van der Waals surface area contributed by atoms with Crippen LogP contribution in [0.25, 0.3) is 10.1 Å². The fraction of sp³-hybridized carbons (Fsp3) is 0.529. The first-order valence-electron chi connectivity index (χ1n) is 7.32. The summed E-state index contributed by atoms with van der Waals surface area (Å²) < 4.78 is 7.07. The first-order chi connectivity index (χ1) is 9.58. The molecule has 0 bridgehead atoms. The molecule has 1 aromatic heterocycles. The van der Waals surface area contributed by atoms with E-state index in [1.54, 1.807) is 7.11 Å². The van der Waals surface area contributed by atoms with Crippen molar-refractivity contribution in [3.05, 3.63) is 35.2 Å². The van der Waals surface area contributed by atoms with Crippen molar-refractivity contribution >= 4 is 21.4 Å². The fourth-order valence-electron chi connectivity index (χ4n) is 2.44. The SMILES string of the molecule is CCCNC(Cc1csc2ccccc12)C(C)(C)OC. The Balaban J connectivity index is 2.22. The van der Waals surface area contributed by atoms with Crippen molar-refractivity contribution in [2.45, 2.75) is 45.3 Å². The summed E-state index contributed by atoms with van der Waals surface area (Å²) in [6.07, 6.45) is 2.14. The zero-order chi connectivity index (χ0) is 14.6. The van der Waals surface area contributed by atoms with E-state index >= 15 is 0 Å². The van der Waals surface area contributed by atoms with Gasteiger partial charge in [0.1, 0.15) is 0 Å². The number of nitrogens with one attached hydrogen (secondary N) is 1. The van der Waals surface area contributed by atoms with Gasteiger partial charge in [0.05, 0.1) is 5.60 Å². The Bertz CT molecular complexity index is 547. The van der Waals surface area contributed by atoms with Gasteiger partial charge in [-0.3, -0.25) is 0 Å².